The number of rotatable bonds is 1. The van der Waals surface area contributed by atoms with E-state index in [1.54, 1.807) is 0 Å². The van der Waals surface area contributed by atoms with Crippen molar-refractivity contribution in [1.82, 2.24) is 0 Å². The molecule has 0 spiro atoms. The van der Waals surface area contributed by atoms with Crippen LogP contribution in [0.25, 0.3) is 32.7 Å². The number of hydrogen-bond donors (Lipinski definition) is 0. The molecule has 0 amide bonds. The Bertz CT molecular complexity index is 1150. The summed E-state index contributed by atoms with van der Waals surface area (Å²) in [5.74, 6) is 0.366. The maximum atomic E-state index is 12.8. The lowest BCUT2D eigenvalue weighted by molar-refractivity contribution is 0.0947. The summed E-state index contributed by atoms with van der Waals surface area (Å²) in [4.78, 5) is 12.8. The monoisotopic (exact) mass is 322 g/mol. The normalized spacial score (nSPS) is 16.5. The number of hydrogen-bond acceptors (Lipinski definition) is 1. The third-order valence-electron chi connectivity index (χ3n) is 5.43. The van der Waals surface area contributed by atoms with Gasteiger partial charge >= 0.3 is 0 Å². The first kappa shape index (κ1) is 14.4. The first-order valence-corrected chi connectivity index (χ1v) is 8.81. The summed E-state index contributed by atoms with van der Waals surface area (Å²) in [5.41, 5.74) is 4.35. The minimum absolute atomic E-state index is 0.0860. The van der Waals surface area contributed by atoms with Gasteiger partial charge in [0.25, 0.3) is 0 Å². The Balaban J connectivity index is 1.92. The van der Waals surface area contributed by atoms with Gasteiger partial charge in [-0.3, -0.25) is 4.79 Å². The van der Waals surface area contributed by atoms with Gasteiger partial charge in [0, 0.05) is 11.5 Å². The summed E-state index contributed by atoms with van der Waals surface area (Å²) in [6.45, 7) is 2.03. The van der Waals surface area contributed by atoms with Crippen LogP contribution in [0.4, 0.5) is 0 Å². The molecule has 120 valence electrons. The van der Waals surface area contributed by atoms with Crippen LogP contribution in [-0.2, 0) is 6.42 Å². The van der Waals surface area contributed by atoms with Crippen LogP contribution in [0, 0.1) is 5.92 Å². The molecule has 4 aromatic rings. The standard InChI is InChI=1S/C24H18O/c1-15-13-17-8-6-12-21(23(17)24(15)25)22-14-16-7-2-3-9-18(16)19-10-4-5-11-20(19)22/h2-12,14-15H,13H2,1H3. The van der Waals surface area contributed by atoms with Crippen LogP contribution < -0.4 is 0 Å². The molecule has 1 heteroatoms. The van der Waals surface area contributed by atoms with Crippen LogP contribution in [-0.4, -0.2) is 5.78 Å². The molecule has 1 nitrogen and oxygen atoms in total. The summed E-state index contributed by atoms with van der Waals surface area (Å²) in [7, 11) is 0. The number of carbonyl (C=O) groups excluding carboxylic acids is 1. The predicted octanol–water partition coefficient (Wildman–Crippen LogP) is 6.03. The van der Waals surface area contributed by atoms with E-state index in [2.05, 4.69) is 72.8 Å². The highest BCUT2D eigenvalue weighted by Crippen LogP contribution is 2.40. The smallest absolute Gasteiger partial charge is 0.166 e. The molecule has 0 aromatic heterocycles. The number of fused-ring (bicyclic) bond motifs is 4. The highest BCUT2D eigenvalue weighted by molar-refractivity contribution is 6.16. The van der Waals surface area contributed by atoms with E-state index in [1.807, 2.05) is 6.92 Å². The highest BCUT2D eigenvalue weighted by atomic mass is 16.1. The molecule has 0 fully saturated rings. The molecular formula is C24H18O. The average Bonchev–Trinajstić information content (AvgIpc) is 2.95. The summed E-state index contributed by atoms with van der Waals surface area (Å²) in [6.07, 6.45) is 0.855. The van der Waals surface area contributed by atoms with Gasteiger partial charge in [0.15, 0.2) is 5.78 Å². The molecule has 5 rings (SSSR count). The zero-order chi connectivity index (χ0) is 17.0. The van der Waals surface area contributed by atoms with E-state index in [1.165, 1.54) is 27.1 Å². The summed E-state index contributed by atoms with van der Waals surface area (Å²) in [6, 6.07) is 25.5. The van der Waals surface area contributed by atoms with Gasteiger partial charge in [-0.1, -0.05) is 73.7 Å². The van der Waals surface area contributed by atoms with Gasteiger partial charge < -0.3 is 0 Å². The molecule has 0 heterocycles. The van der Waals surface area contributed by atoms with Crippen molar-refractivity contribution in [1.29, 1.82) is 0 Å². The van der Waals surface area contributed by atoms with Crippen molar-refractivity contribution in [3.8, 4) is 11.1 Å². The minimum Gasteiger partial charge on any atom is -0.294 e. The van der Waals surface area contributed by atoms with Crippen LogP contribution in [0.1, 0.15) is 22.8 Å². The Kier molecular flexibility index (Phi) is 3.05. The van der Waals surface area contributed by atoms with Gasteiger partial charge in [-0.2, -0.15) is 0 Å². The minimum atomic E-state index is 0.0860. The fourth-order valence-electron chi connectivity index (χ4n) is 4.23. The second-order valence-corrected chi connectivity index (χ2v) is 7.00. The molecule has 25 heavy (non-hydrogen) atoms. The van der Waals surface area contributed by atoms with Crippen molar-refractivity contribution in [3.63, 3.8) is 0 Å². The molecular weight excluding hydrogens is 304 g/mol. The van der Waals surface area contributed by atoms with E-state index < -0.39 is 0 Å². The van der Waals surface area contributed by atoms with Crippen molar-refractivity contribution in [3.05, 3.63) is 83.9 Å². The van der Waals surface area contributed by atoms with E-state index in [0.29, 0.717) is 0 Å². The Morgan fingerprint density at radius 3 is 2.32 bits per heavy atom. The van der Waals surface area contributed by atoms with Gasteiger partial charge in [-0.15, -0.1) is 0 Å². The fourth-order valence-corrected chi connectivity index (χ4v) is 4.23. The lowest BCUT2D eigenvalue weighted by Crippen LogP contribution is -2.04. The lowest BCUT2D eigenvalue weighted by Gasteiger charge is -2.13. The second kappa shape index (κ2) is 5.29. The highest BCUT2D eigenvalue weighted by Gasteiger charge is 2.30. The number of Topliss-reactive ketones (excluding diaryl/α,β-unsaturated/α-hetero) is 1. The van der Waals surface area contributed by atoms with Crippen molar-refractivity contribution in [2.45, 2.75) is 13.3 Å². The molecule has 1 atom stereocenters. The molecule has 1 unspecified atom stereocenters. The Hall–Kier alpha value is -2.93. The molecule has 0 radical (unpaired) electrons. The van der Waals surface area contributed by atoms with Gasteiger partial charge in [-0.05, 0) is 50.7 Å². The Labute approximate surface area is 146 Å². The Morgan fingerprint density at radius 2 is 1.48 bits per heavy atom. The molecule has 0 saturated heterocycles. The van der Waals surface area contributed by atoms with Gasteiger partial charge in [0.2, 0.25) is 0 Å². The molecule has 0 N–H and O–H groups in total. The van der Waals surface area contributed by atoms with Crippen molar-refractivity contribution in [2.24, 2.45) is 5.92 Å². The van der Waals surface area contributed by atoms with E-state index in [4.69, 9.17) is 0 Å². The van der Waals surface area contributed by atoms with Crippen molar-refractivity contribution in [2.75, 3.05) is 0 Å². The number of carbonyl (C=O) groups is 1. The van der Waals surface area contributed by atoms with Crippen molar-refractivity contribution < 1.29 is 4.79 Å². The van der Waals surface area contributed by atoms with Crippen LogP contribution in [0.5, 0.6) is 0 Å². The van der Waals surface area contributed by atoms with E-state index in [0.717, 1.165) is 23.1 Å². The second-order valence-electron chi connectivity index (χ2n) is 7.00. The van der Waals surface area contributed by atoms with Gasteiger partial charge in [0.05, 0.1) is 0 Å². The van der Waals surface area contributed by atoms with Crippen molar-refractivity contribution >= 4 is 27.3 Å². The van der Waals surface area contributed by atoms with Crippen LogP contribution in [0.3, 0.4) is 0 Å². The first-order valence-electron chi connectivity index (χ1n) is 8.81. The molecule has 1 aliphatic carbocycles. The third-order valence-corrected chi connectivity index (χ3v) is 5.43. The SMILES string of the molecule is CC1Cc2cccc(-c3cc4ccccc4c4ccccc34)c2C1=O. The zero-order valence-corrected chi connectivity index (χ0v) is 14.1. The summed E-state index contributed by atoms with van der Waals surface area (Å²) >= 11 is 0. The van der Waals surface area contributed by atoms with E-state index >= 15 is 0 Å². The average molecular weight is 322 g/mol. The van der Waals surface area contributed by atoms with Crippen LogP contribution in [0.2, 0.25) is 0 Å². The maximum absolute atomic E-state index is 12.8. The van der Waals surface area contributed by atoms with E-state index in [9.17, 15) is 4.79 Å². The molecule has 1 aliphatic rings. The van der Waals surface area contributed by atoms with Crippen LogP contribution in [0.15, 0.2) is 72.8 Å². The largest absolute Gasteiger partial charge is 0.294 e. The first-order chi connectivity index (χ1) is 12.2. The van der Waals surface area contributed by atoms with E-state index in [-0.39, 0.29) is 11.7 Å². The molecule has 0 aliphatic heterocycles. The third kappa shape index (κ3) is 2.05. The lowest BCUT2D eigenvalue weighted by atomic mass is 9.89. The van der Waals surface area contributed by atoms with Crippen LogP contribution >= 0.6 is 0 Å². The molecule has 4 aromatic carbocycles. The molecule has 0 saturated carbocycles. The predicted molar refractivity (Wildman–Crippen MR) is 104 cm³/mol. The number of benzene rings is 4. The fraction of sp³-hybridized carbons (Fsp3) is 0.125. The molecule has 0 bridgehead atoms. The number of ketones is 1. The maximum Gasteiger partial charge on any atom is 0.166 e. The summed E-state index contributed by atoms with van der Waals surface area (Å²) in [5, 5.41) is 4.93. The van der Waals surface area contributed by atoms with Gasteiger partial charge in [-0.25, -0.2) is 0 Å². The van der Waals surface area contributed by atoms with Gasteiger partial charge in [0.1, 0.15) is 0 Å². The topological polar surface area (TPSA) is 17.1 Å². The summed E-state index contributed by atoms with van der Waals surface area (Å²) < 4.78 is 0. The zero-order valence-electron chi connectivity index (χ0n) is 14.1. The Morgan fingerprint density at radius 1 is 0.760 bits per heavy atom. The quantitative estimate of drug-likeness (QED) is 0.391.